The van der Waals surface area contributed by atoms with Crippen LogP contribution in [-0.4, -0.2) is 66.2 Å². The molecule has 1 atom stereocenters. The molecule has 0 aromatic carbocycles. The van der Waals surface area contributed by atoms with Crippen LogP contribution in [0.1, 0.15) is 41.5 Å². The van der Waals surface area contributed by atoms with E-state index in [1.807, 2.05) is 20.8 Å². The number of amides is 2. The monoisotopic (exact) mass is 313 g/mol. The average molecular weight is 313 g/mol. The van der Waals surface area contributed by atoms with Crippen molar-refractivity contribution in [3.63, 3.8) is 0 Å². The number of carbonyl (C=O) groups excluding carboxylic acids is 2. The maximum absolute atomic E-state index is 12.2. The summed E-state index contributed by atoms with van der Waals surface area (Å²) in [6, 6.07) is 0.312. The van der Waals surface area contributed by atoms with E-state index >= 15 is 0 Å². The number of hydrogen-bond donors (Lipinski definition) is 1. The van der Waals surface area contributed by atoms with Crippen molar-refractivity contribution in [2.45, 2.75) is 53.2 Å². The molecule has 22 heavy (non-hydrogen) atoms. The first-order valence-electron chi connectivity index (χ1n) is 8.09. The highest BCUT2D eigenvalue weighted by Crippen LogP contribution is 2.12. The maximum atomic E-state index is 12.2. The van der Waals surface area contributed by atoms with Crippen molar-refractivity contribution in [1.82, 2.24) is 15.1 Å². The minimum atomic E-state index is -0.485. The molecule has 0 aromatic heterocycles. The van der Waals surface area contributed by atoms with Gasteiger partial charge in [-0.15, -0.1) is 0 Å². The summed E-state index contributed by atoms with van der Waals surface area (Å²) in [7, 11) is 0. The van der Waals surface area contributed by atoms with Gasteiger partial charge in [0.15, 0.2) is 0 Å². The van der Waals surface area contributed by atoms with Crippen molar-refractivity contribution in [1.29, 1.82) is 0 Å². The molecule has 0 radical (unpaired) electrons. The van der Waals surface area contributed by atoms with Gasteiger partial charge in [-0.25, -0.2) is 4.79 Å². The summed E-state index contributed by atoms with van der Waals surface area (Å²) in [5.74, 6) is 0.591. The van der Waals surface area contributed by atoms with Gasteiger partial charge in [0.1, 0.15) is 5.60 Å². The number of nitrogens with zero attached hydrogens (tertiary/aromatic N) is 2. The molecule has 1 unspecified atom stereocenters. The van der Waals surface area contributed by atoms with Gasteiger partial charge in [-0.05, 0) is 33.6 Å². The Balaban J connectivity index is 2.35. The Morgan fingerprint density at radius 2 is 1.55 bits per heavy atom. The minimum absolute atomic E-state index is 0.0938. The van der Waals surface area contributed by atoms with E-state index in [9.17, 15) is 9.59 Å². The molecule has 1 aliphatic rings. The van der Waals surface area contributed by atoms with Gasteiger partial charge in [0.2, 0.25) is 5.91 Å². The zero-order valence-electron chi connectivity index (χ0n) is 14.8. The van der Waals surface area contributed by atoms with Gasteiger partial charge in [0.05, 0.1) is 6.54 Å². The van der Waals surface area contributed by atoms with E-state index in [0.29, 0.717) is 44.7 Å². The van der Waals surface area contributed by atoms with Crippen LogP contribution in [0.25, 0.3) is 0 Å². The molecule has 0 saturated carbocycles. The fourth-order valence-corrected chi connectivity index (χ4v) is 2.06. The highest BCUT2D eigenvalue weighted by molar-refractivity contribution is 5.78. The SMILES string of the molecule is CC(C)C(C)NCC(=O)N1CCN(C(=O)OC(C)(C)C)CC1. The topological polar surface area (TPSA) is 61.9 Å². The van der Waals surface area contributed by atoms with Gasteiger partial charge in [-0.2, -0.15) is 0 Å². The summed E-state index contributed by atoms with van der Waals surface area (Å²) in [5.41, 5.74) is -0.485. The molecular weight excluding hydrogens is 282 g/mol. The molecule has 0 aromatic rings. The molecule has 6 nitrogen and oxygen atoms in total. The molecule has 128 valence electrons. The summed E-state index contributed by atoms with van der Waals surface area (Å²) in [6.45, 7) is 14.4. The number of piperazine rings is 1. The van der Waals surface area contributed by atoms with Crippen LogP contribution in [-0.2, 0) is 9.53 Å². The molecule has 0 bridgehead atoms. The largest absolute Gasteiger partial charge is 0.444 e. The zero-order chi connectivity index (χ0) is 16.9. The van der Waals surface area contributed by atoms with Crippen LogP contribution in [0.3, 0.4) is 0 Å². The molecular formula is C16H31N3O3. The molecule has 1 aliphatic heterocycles. The molecule has 1 rings (SSSR count). The van der Waals surface area contributed by atoms with Crippen LogP contribution in [0.4, 0.5) is 4.79 Å². The first-order chi connectivity index (χ1) is 10.1. The lowest BCUT2D eigenvalue weighted by atomic mass is 10.1. The zero-order valence-corrected chi connectivity index (χ0v) is 14.8. The average Bonchev–Trinajstić information content (AvgIpc) is 2.42. The second-order valence-corrected chi connectivity index (χ2v) is 7.26. The van der Waals surface area contributed by atoms with Crippen molar-refractivity contribution >= 4 is 12.0 Å². The van der Waals surface area contributed by atoms with Crippen LogP contribution in [0.5, 0.6) is 0 Å². The van der Waals surface area contributed by atoms with E-state index in [1.54, 1.807) is 9.80 Å². The Morgan fingerprint density at radius 3 is 2.00 bits per heavy atom. The van der Waals surface area contributed by atoms with Gasteiger partial charge >= 0.3 is 6.09 Å². The summed E-state index contributed by atoms with van der Waals surface area (Å²) < 4.78 is 5.35. The fraction of sp³-hybridized carbons (Fsp3) is 0.875. The van der Waals surface area contributed by atoms with E-state index < -0.39 is 5.60 Å². The third-order valence-corrected chi connectivity index (χ3v) is 3.86. The van der Waals surface area contributed by atoms with Crippen LogP contribution in [0.15, 0.2) is 0 Å². The number of rotatable bonds is 4. The summed E-state index contributed by atoms with van der Waals surface area (Å²) in [6.07, 6.45) is -0.300. The van der Waals surface area contributed by atoms with E-state index in [1.165, 1.54) is 0 Å². The normalized spacial score (nSPS) is 17.6. The van der Waals surface area contributed by atoms with Gasteiger partial charge in [-0.1, -0.05) is 13.8 Å². The lowest BCUT2D eigenvalue weighted by Crippen LogP contribution is -2.53. The van der Waals surface area contributed by atoms with Gasteiger partial charge in [0.25, 0.3) is 0 Å². The van der Waals surface area contributed by atoms with Crippen molar-refractivity contribution in [2.24, 2.45) is 5.92 Å². The van der Waals surface area contributed by atoms with Gasteiger partial charge in [0, 0.05) is 32.2 Å². The fourth-order valence-electron chi connectivity index (χ4n) is 2.06. The van der Waals surface area contributed by atoms with Crippen molar-refractivity contribution < 1.29 is 14.3 Å². The standard InChI is InChI=1S/C16H31N3O3/c1-12(2)13(3)17-11-14(20)18-7-9-19(10-8-18)15(21)22-16(4,5)6/h12-13,17H,7-11H2,1-6H3. The van der Waals surface area contributed by atoms with Crippen LogP contribution >= 0.6 is 0 Å². The lowest BCUT2D eigenvalue weighted by Gasteiger charge is -2.35. The highest BCUT2D eigenvalue weighted by atomic mass is 16.6. The number of nitrogens with one attached hydrogen (secondary N) is 1. The quantitative estimate of drug-likeness (QED) is 0.858. The Labute approximate surface area is 134 Å². The van der Waals surface area contributed by atoms with Crippen LogP contribution < -0.4 is 5.32 Å². The van der Waals surface area contributed by atoms with Crippen molar-refractivity contribution in [3.8, 4) is 0 Å². The first kappa shape index (κ1) is 18.7. The van der Waals surface area contributed by atoms with Gasteiger partial charge in [-0.3, -0.25) is 4.79 Å². The third kappa shape index (κ3) is 6.22. The Bertz CT molecular complexity index is 383. The van der Waals surface area contributed by atoms with Crippen molar-refractivity contribution in [3.05, 3.63) is 0 Å². The molecule has 6 heteroatoms. The summed E-state index contributed by atoms with van der Waals surface area (Å²) in [5, 5.41) is 3.25. The number of hydrogen-bond acceptors (Lipinski definition) is 4. The molecule has 0 spiro atoms. The van der Waals surface area contributed by atoms with Crippen molar-refractivity contribution in [2.75, 3.05) is 32.7 Å². The minimum Gasteiger partial charge on any atom is -0.444 e. The van der Waals surface area contributed by atoms with E-state index in [4.69, 9.17) is 4.74 Å². The smallest absolute Gasteiger partial charge is 0.410 e. The van der Waals surface area contributed by atoms with Crippen LogP contribution in [0, 0.1) is 5.92 Å². The Kier molecular flexibility index (Phi) is 6.66. The first-order valence-corrected chi connectivity index (χ1v) is 8.09. The summed E-state index contributed by atoms with van der Waals surface area (Å²) in [4.78, 5) is 27.6. The third-order valence-electron chi connectivity index (χ3n) is 3.86. The lowest BCUT2D eigenvalue weighted by molar-refractivity contribution is -0.132. The highest BCUT2D eigenvalue weighted by Gasteiger charge is 2.27. The second kappa shape index (κ2) is 7.81. The van der Waals surface area contributed by atoms with Crippen LogP contribution in [0.2, 0.25) is 0 Å². The molecule has 2 amide bonds. The van der Waals surface area contributed by atoms with E-state index in [0.717, 1.165) is 0 Å². The second-order valence-electron chi connectivity index (χ2n) is 7.26. The number of ether oxygens (including phenoxy) is 1. The molecule has 1 saturated heterocycles. The predicted octanol–water partition coefficient (Wildman–Crippen LogP) is 1.70. The number of carbonyl (C=O) groups is 2. The summed E-state index contributed by atoms with van der Waals surface area (Å²) >= 11 is 0. The maximum Gasteiger partial charge on any atom is 0.410 e. The molecule has 1 N–H and O–H groups in total. The van der Waals surface area contributed by atoms with E-state index in [-0.39, 0.29) is 12.0 Å². The van der Waals surface area contributed by atoms with E-state index in [2.05, 4.69) is 26.1 Å². The molecule has 0 aliphatic carbocycles. The Morgan fingerprint density at radius 1 is 1.05 bits per heavy atom. The molecule has 1 fully saturated rings. The molecule has 1 heterocycles. The Hall–Kier alpha value is -1.30. The predicted molar refractivity (Wildman–Crippen MR) is 86.7 cm³/mol. The van der Waals surface area contributed by atoms with Gasteiger partial charge < -0.3 is 19.9 Å².